The third kappa shape index (κ3) is 3.59. The van der Waals surface area contributed by atoms with Gasteiger partial charge in [0.05, 0.1) is 12.2 Å². The fraction of sp³-hybridized carbons (Fsp3) is 0.462. The zero-order chi connectivity index (χ0) is 13.5. The summed E-state index contributed by atoms with van der Waals surface area (Å²) in [5.74, 6) is 0.766. The number of tetrazole rings is 1. The summed E-state index contributed by atoms with van der Waals surface area (Å²) in [4.78, 5) is 0. The van der Waals surface area contributed by atoms with Crippen LogP contribution in [0, 0.1) is 0 Å². The molecule has 0 bridgehead atoms. The minimum Gasteiger partial charge on any atom is -0.396 e. The molecule has 0 amide bonds. The number of aliphatic hydroxyl groups excluding tert-OH is 1. The number of aromatic nitrogens is 4. The van der Waals surface area contributed by atoms with Gasteiger partial charge in [-0.15, -0.1) is 5.10 Å². The third-order valence-electron chi connectivity index (χ3n) is 3.05. The molecule has 0 aliphatic rings. The summed E-state index contributed by atoms with van der Waals surface area (Å²) in [6.07, 6.45) is 1.71. The van der Waals surface area contributed by atoms with Gasteiger partial charge < -0.3 is 10.4 Å². The second kappa shape index (κ2) is 6.96. The Labute approximate surface area is 112 Å². The lowest BCUT2D eigenvalue weighted by atomic mass is 10.1. The second-order valence-electron chi connectivity index (χ2n) is 4.34. The average molecular weight is 261 g/mol. The Bertz CT molecular complexity index is 485. The molecule has 0 fully saturated rings. The van der Waals surface area contributed by atoms with Gasteiger partial charge in [-0.05, 0) is 35.4 Å². The van der Waals surface area contributed by atoms with Crippen molar-refractivity contribution in [1.29, 1.82) is 0 Å². The van der Waals surface area contributed by atoms with E-state index in [0.29, 0.717) is 6.54 Å². The number of nitrogens with one attached hydrogen (secondary N) is 1. The second-order valence-corrected chi connectivity index (χ2v) is 4.34. The number of benzene rings is 1. The minimum atomic E-state index is 0.190. The molecule has 0 radical (unpaired) electrons. The molecule has 1 unspecified atom stereocenters. The van der Waals surface area contributed by atoms with Crippen molar-refractivity contribution in [2.45, 2.75) is 32.4 Å². The van der Waals surface area contributed by atoms with Gasteiger partial charge >= 0.3 is 0 Å². The highest BCUT2D eigenvalue weighted by Crippen LogP contribution is 2.07. The Morgan fingerprint density at radius 1 is 1.32 bits per heavy atom. The van der Waals surface area contributed by atoms with Crippen molar-refractivity contribution in [3.05, 3.63) is 36.2 Å². The first-order chi connectivity index (χ1) is 9.35. The Hall–Kier alpha value is -1.79. The third-order valence-corrected chi connectivity index (χ3v) is 3.05. The Balaban J connectivity index is 2.04. The van der Waals surface area contributed by atoms with Crippen LogP contribution in [0.1, 0.15) is 25.6 Å². The first-order valence-electron chi connectivity index (χ1n) is 6.52. The van der Waals surface area contributed by atoms with Crippen LogP contribution in [0.5, 0.6) is 0 Å². The summed E-state index contributed by atoms with van der Waals surface area (Å²) in [6.45, 7) is 2.86. The molecule has 1 heterocycles. The topological polar surface area (TPSA) is 75.9 Å². The predicted octanol–water partition coefficient (Wildman–Crippen LogP) is 0.913. The van der Waals surface area contributed by atoms with Gasteiger partial charge in [-0.2, -0.15) is 4.68 Å². The van der Waals surface area contributed by atoms with Crippen molar-refractivity contribution in [3.63, 3.8) is 0 Å². The molecule has 2 rings (SSSR count). The number of hydrogen-bond acceptors (Lipinski definition) is 5. The molecule has 1 aromatic carbocycles. The Morgan fingerprint density at radius 3 is 2.79 bits per heavy atom. The summed E-state index contributed by atoms with van der Waals surface area (Å²) >= 11 is 0. The average Bonchev–Trinajstić information content (AvgIpc) is 2.93. The lowest BCUT2D eigenvalue weighted by molar-refractivity contribution is 0.261. The minimum absolute atomic E-state index is 0.190. The number of aliphatic hydroxyl groups is 1. The number of nitrogens with zero attached hydrogens (tertiary/aromatic N) is 4. The molecule has 1 aromatic heterocycles. The van der Waals surface area contributed by atoms with Crippen molar-refractivity contribution in [2.75, 3.05) is 6.61 Å². The molecule has 0 spiro atoms. The monoisotopic (exact) mass is 261 g/mol. The Kier molecular flexibility index (Phi) is 5.00. The maximum Gasteiger partial charge on any atom is 0.170 e. The van der Waals surface area contributed by atoms with E-state index in [9.17, 15) is 0 Å². The molecule has 0 aliphatic carbocycles. The van der Waals surface area contributed by atoms with Crippen LogP contribution in [-0.2, 0) is 6.54 Å². The van der Waals surface area contributed by atoms with Crippen molar-refractivity contribution >= 4 is 0 Å². The molecule has 0 saturated carbocycles. The zero-order valence-corrected chi connectivity index (χ0v) is 11.0. The Morgan fingerprint density at radius 2 is 2.11 bits per heavy atom. The van der Waals surface area contributed by atoms with Crippen molar-refractivity contribution in [1.82, 2.24) is 25.5 Å². The zero-order valence-electron chi connectivity index (χ0n) is 11.0. The molecule has 6 heteroatoms. The number of rotatable bonds is 7. The van der Waals surface area contributed by atoms with Crippen LogP contribution in [0.3, 0.4) is 0 Å². The fourth-order valence-corrected chi connectivity index (χ4v) is 1.93. The van der Waals surface area contributed by atoms with Gasteiger partial charge in [0, 0.05) is 12.6 Å². The van der Waals surface area contributed by atoms with E-state index in [1.54, 1.807) is 4.68 Å². The molecule has 2 aromatic rings. The smallest absolute Gasteiger partial charge is 0.170 e. The van der Waals surface area contributed by atoms with Crippen LogP contribution in [-0.4, -0.2) is 38.0 Å². The van der Waals surface area contributed by atoms with Gasteiger partial charge in [0.25, 0.3) is 0 Å². The summed E-state index contributed by atoms with van der Waals surface area (Å²) in [5.41, 5.74) is 0.944. The highest BCUT2D eigenvalue weighted by molar-refractivity contribution is 5.30. The largest absolute Gasteiger partial charge is 0.396 e. The van der Waals surface area contributed by atoms with Crippen LogP contribution in [0.15, 0.2) is 30.3 Å². The molecular formula is C13H19N5O. The van der Waals surface area contributed by atoms with Crippen molar-refractivity contribution in [3.8, 4) is 5.69 Å². The van der Waals surface area contributed by atoms with Gasteiger partial charge in [-0.3, -0.25) is 0 Å². The van der Waals surface area contributed by atoms with Gasteiger partial charge in [-0.1, -0.05) is 25.1 Å². The van der Waals surface area contributed by atoms with Crippen LogP contribution >= 0.6 is 0 Å². The summed E-state index contributed by atoms with van der Waals surface area (Å²) in [5, 5.41) is 24.1. The standard InChI is InChI=1S/C13H19N5O/c1-2-11(8-9-19)14-10-13-15-16-17-18(13)12-6-4-3-5-7-12/h3-7,11,14,19H,2,8-10H2,1H3. The molecule has 2 N–H and O–H groups in total. The maximum absolute atomic E-state index is 8.97. The van der Waals surface area contributed by atoms with Crippen LogP contribution in [0.4, 0.5) is 0 Å². The van der Waals surface area contributed by atoms with Crippen LogP contribution in [0.2, 0.25) is 0 Å². The first kappa shape index (κ1) is 13.6. The summed E-state index contributed by atoms with van der Waals surface area (Å²) < 4.78 is 1.72. The first-order valence-corrected chi connectivity index (χ1v) is 6.52. The highest BCUT2D eigenvalue weighted by atomic mass is 16.3. The van der Waals surface area contributed by atoms with E-state index >= 15 is 0 Å². The van der Waals surface area contributed by atoms with E-state index in [2.05, 4.69) is 27.8 Å². The predicted molar refractivity (Wildman–Crippen MR) is 71.8 cm³/mol. The van der Waals surface area contributed by atoms with E-state index < -0.39 is 0 Å². The van der Waals surface area contributed by atoms with E-state index in [1.807, 2.05) is 30.3 Å². The van der Waals surface area contributed by atoms with E-state index in [1.165, 1.54) is 0 Å². The lowest BCUT2D eigenvalue weighted by Crippen LogP contribution is -2.30. The lowest BCUT2D eigenvalue weighted by Gasteiger charge is -2.15. The van der Waals surface area contributed by atoms with Gasteiger partial charge in [0.2, 0.25) is 0 Å². The molecule has 19 heavy (non-hydrogen) atoms. The molecule has 1 atom stereocenters. The SMILES string of the molecule is CCC(CCO)NCc1nnnn1-c1ccccc1. The number of hydrogen-bond donors (Lipinski definition) is 2. The molecule has 0 aliphatic heterocycles. The van der Waals surface area contributed by atoms with Crippen LogP contribution < -0.4 is 5.32 Å². The van der Waals surface area contributed by atoms with E-state index in [0.717, 1.165) is 24.4 Å². The van der Waals surface area contributed by atoms with Gasteiger partial charge in [-0.25, -0.2) is 0 Å². The highest BCUT2D eigenvalue weighted by Gasteiger charge is 2.10. The molecule has 6 nitrogen and oxygen atoms in total. The molecule has 0 saturated heterocycles. The quantitative estimate of drug-likeness (QED) is 0.775. The van der Waals surface area contributed by atoms with Crippen molar-refractivity contribution < 1.29 is 5.11 Å². The van der Waals surface area contributed by atoms with Gasteiger partial charge in [0.15, 0.2) is 5.82 Å². The van der Waals surface area contributed by atoms with E-state index in [4.69, 9.17) is 5.11 Å². The maximum atomic E-state index is 8.97. The van der Waals surface area contributed by atoms with Crippen LogP contribution in [0.25, 0.3) is 5.69 Å². The summed E-state index contributed by atoms with van der Waals surface area (Å²) in [6, 6.07) is 10.1. The number of para-hydroxylation sites is 1. The van der Waals surface area contributed by atoms with E-state index in [-0.39, 0.29) is 12.6 Å². The fourth-order valence-electron chi connectivity index (χ4n) is 1.93. The van der Waals surface area contributed by atoms with Crippen molar-refractivity contribution in [2.24, 2.45) is 0 Å². The van der Waals surface area contributed by atoms with Gasteiger partial charge in [0.1, 0.15) is 0 Å². The molecule has 102 valence electrons. The summed E-state index contributed by atoms with van der Waals surface area (Å²) in [7, 11) is 0. The normalized spacial score (nSPS) is 12.5. The molecular weight excluding hydrogens is 242 g/mol.